The molecule has 0 heterocycles. The predicted octanol–water partition coefficient (Wildman–Crippen LogP) is 2.59. The Morgan fingerprint density at radius 2 is 1.95 bits per heavy atom. The molecule has 1 atom stereocenters. The van der Waals surface area contributed by atoms with Gasteiger partial charge in [-0.3, -0.25) is 4.79 Å². The van der Waals surface area contributed by atoms with Gasteiger partial charge in [-0.05, 0) is 38.6 Å². The van der Waals surface area contributed by atoms with Gasteiger partial charge in [0.15, 0.2) is 0 Å². The highest BCUT2D eigenvalue weighted by Gasteiger charge is 2.18. The minimum atomic E-state index is -0.0221. The van der Waals surface area contributed by atoms with Crippen molar-refractivity contribution < 1.29 is 9.45 Å². The summed E-state index contributed by atoms with van der Waals surface area (Å²) in [5.74, 6) is 0.0872. The van der Waals surface area contributed by atoms with Crippen molar-refractivity contribution >= 4 is 14.0 Å². The van der Waals surface area contributed by atoms with Gasteiger partial charge in [0, 0.05) is 6.04 Å². The molecule has 110 valence electrons. The maximum Gasteiger partial charge on any atom is 0.325 e. The topological polar surface area (TPSA) is 38.3 Å². The van der Waals surface area contributed by atoms with Crippen LogP contribution in [0.25, 0.3) is 0 Å². The van der Waals surface area contributed by atoms with Crippen molar-refractivity contribution in [1.82, 2.24) is 5.32 Å². The van der Waals surface area contributed by atoms with Crippen LogP contribution in [0.2, 0.25) is 0 Å². The Balaban J connectivity index is 2.14. The van der Waals surface area contributed by atoms with E-state index in [4.69, 9.17) is 4.65 Å². The van der Waals surface area contributed by atoms with Gasteiger partial charge in [0.1, 0.15) is 0 Å². The molecule has 19 heavy (non-hydrogen) atoms. The zero-order chi connectivity index (χ0) is 13.9. The molecule has 1 aliphatic rings. The predicted molar refractivity (Wildman–Crippen MR) is 81.8 cm³/mol. The zero-order valence-electron chi connectivity index (χ0n) is 12.7. The third-order valence-corrected chi connectivity index (χ3v) is 4.21. The third kappa shape index (κ3) is 7.00. The lowest BCUT2D eigenvalue weighted by atomic mass is 9.94. The molecule has 0 radical (unpaired) electrons. The molecule has 0 aromatic heterocycles. The first-order valence-corrected chi connectivity index (χ1v) is 8.09. The zero-order valence-corrected chi connectivity index (χ0v) is 12.7. The Bertz CT molecular complexity index is 242. The third-order valence-electron chi connectivity index (χ3n) is 4.21. The van der Waals surface area contributed by atoms with Crippen molar-refractivity contribution in [3.8, 4) is 0 Å². The van der Waals surface area contributed by atoms with Crippen LogP contribution in [0.5, 0.6) is 0 Å². The van der Waals surface area contributed by atoms with Crippen molar-refractivity contribution in [2.45, 2.75) is 77.2 Å². The Labute approximate surface area is 119 Å². The van der Waals surface area contributed by atoms with Gasteiger partial charge in [-0.25, -0.2) is 0 Å². The van der Waals surface area contributed by atoms with Gasteiger partial charge in [0.25, 0.3) is 5.97 Å². The quantitative estimate of drug-likeness (QED) is 0.515. The van der Waals surface area contributed by atoms with E-state index in [1.165, 1.54) is 40.2 Å². The minimum absolute atomic E-state index is 0.0221. The van der Waals surface area contributed by atoms with E-state index in [1.807, 2.05) is 0 Å². The lowest BCUT2D eigenvalue weighted by Gasteiger charge is -2.23. The minimum Gasteiger partial charge on any atom is -0.543 e. The lowest BCUT2D eigenvalue weighted by molar-refractivity contribution is -0.139. The summed E-state index contributed by atoms with van der Waals surface area (Å²) in [5.41, 5.74) is 0. The highest BCUT2D eigenvalue weighted by Crippen LogP contribution is 2.19. The van der Waals surface area contributed by atoms with E-state index in [-0.39, 0.29) is 11.9 Å². The molecule has 1 aliphatic carbocycles. The average molecular weight is 267 g/mol. The van der Waals surface area contributed by atoms with Crippen LogP contribution in [0.3, 0.4) is 0 Å². The Kier molecular flexibility index (Phi) is 8.97. The van der Waals surface area contributed by atoms with E-state index in [0.717, 1.165) is 44.7 Å². The number of rotatable bonds is 9. The summed E-state index contributed by atoms with van der Waals surface area (Å²) >= 11 is 0. The first kappa shape index (κ1) is 16.5. The van der Waals surface area contributed by atoms with Gasteiger partial charge in [-0.2, -0.15) is 0 Å². The molecule has 4 heteroatoms. The summed E-state index contributed by atoms with van der Waals surface area (Å²) in [6.07, 6.45) is 12.1. The summed E-state index contributed by atoms with van der Waals surface area (Å²) in [7, 11) is 1.50. The van der Waals surface area contributed by atoms with E-state index in [9.17, 15) is 4.79 Å². The molecule has 1 unspecified atom stereocenters. The van der Waals surface area contributed by atoms with Gasteiger partial charge in [-0.15, -0.1) is 0 Å². The molecular formula is C15H30BNO2. The maximum atomic E-state index is 11.7. The molecule has 0 saturated heterocycles. The number of nitrogens with one attached hydrogen (secondary N) is 1. The van der Waals surface area contributed by atoms with Gasteiger partial charge in [0.2, 0.25) is 0 Å². The molecule has 0 bridgehead atoms. The van der Waals surface area contributed by atoms with Crippen molar-refractivity contribution in [2.75, 3.05) is 6.54 Å². The lowest BCUT2D eigenvalue weighted by Crippen LogP contribution is -2.32. The fourth-order valence-electron chi connectivity index (χ4n) is 2.96. The molecule has 1 N–H and O–H groups in total. The van der Waals surface area contributed by atoms with Gasteiger partial charge >= 0.3 is 8.05 Å². The number of unbranched alkanes of at least 4 members (excludes halogenated alkanes) is 1. The van der Waals surface area contributed by atoms with Crippen LogP contribution in [-0.2, 0) is 9.45 Å². The molecule has 0 aromatic carbocycles. The largest absolute Gasteiger partial charge is 0.543 e. The van der Waals surface area contributed by atoms with Gasteiger partial charge in [0.05, 0.1) is 5.92 Å². The summed E-state index contributed by atoms with van der Waals surface area (Å²) in [6.45, 7) is 3.21. The van der Waals surface area contributed by atoms with Crippen molar-refractivity contribution in [3.63, 3.8) is 0 Å². The van der Waals surface area contributed by atoms with Gasteiger partial charge in [-0.1, -0.05) is 39.0 Å². The number of carbonyl (C=O) groups is 1. The second-order valence-electron chi connectivity index (χ2n) is 5.79. The molecule has 0 aliphatic heterocycles. The van der Waals surface area contributed by atoms with E-state index in [2.05, 4.69) is 12.2 Å². The number of carbonyl (C=O) groups excluding carboxylic acids is 1. The summed E-state index contributed by atoms with van der Waals surface area (Å²) < 4.78 is 4.90. The second kappa shape index (κ2) is 10.3. The Morgan fingerprint density at radius 3 is 2.58 bits per heavy atom. The highest BCUT2D eigenvalue weighted by molar-refractivity contribution is 6.05. The van der Waals surface area contributed by atoms with Crippen LogP contribution in [0.4, 0.5) is 0 Å². The average Bonchev–Trinajstić information content (AvgIpc) is 2.47. The van der Waals surface area contributed by atoms with Crippen LogP contribution >= 0.6 is 0 Å². The molecule has 1 rings (SSSR count). The number of hydrogen-bond acceptors (Lipinski definition) is 3. The van der Waals surface area contributed by atoms with Crippen molar-refractivity contribution in [3.05, 3.63) is 0 Å². The molecule has 0 aromatic rings. The summed E-state index contributed by atoms with van der Waals surface area (Å²) in [5, 5.41) is 3.64. The highest BCUT2D eigenvalue weighted by atomic mass is 16.5. The van der Waals surface area contributed by atoms with Crippen molar-refractivity contribution in [1.29, 1.82) is 0 Å². The normalized spacial score (nSPS) is 18.2. The van der Waals surface area contributed by atoms with E-state index in [0.29, 0.717) is 0 Å². The first-order valence-electron chi connectivity index (χ1n) is 8.09. The fraction of sp³-hybridized carbons (Fsp3) is 0.933. The molecule has 1 saturated carbocycles. The van der Waals surface area contributed by atoms with E-state index in [1.54, 1.807) is 0 Å². The molecule has 1 fully saturated rings. The molecule has 0 amide bonds. The van der Waals surface area contributed by atoms with E-state index >= 15 is 0 Å². The summed E-state index contributed by atoms with van der Waals surface area (Å²) in [6, 6.07) is 0.723. The van der Waals surface area contributed by atoms with Crippen LogP contribution in [0, 0.1) is 5.92 Å². The van der Waals surface area contributed by atoms with Crippen LogP contribution in [-0.4, -0.2) is 26.6 Å². The monoisotopic (exact) mass is 267 g/mol. The standard InChI is InChI=1S/C15H30BNO2/c1-2-3-8-13(15(18)19-16)9-7-12-17-14-10-5-4-6-11-14/h13-14,17H,2-12,16H2,1H3. The molecular weight excluding hydrogens is 237 g/mol. The molecule has 3 nitrogen and oxygen atoms in total. The number of hydrogen-bond donors (Lipinski definition) is 1. The van der Waals surface area contributed by atoms with Crippen molar-refractivity contribution in [2.24, 2.45) is 5.92 Å². The first-order chi connectivity index (χ1) is 9.27. The summed E-state index contributed by atoms with van der Waals surface area (Å²) in [4.78, 5) is 11.7. The Hall–Kier alpha value is -0.505. The maximum absolute atomic E-state index is 11.7. The van der Waals surface area contributed by atoms with Crippen LogP contribution in [0.15, 0.2) is 0 Å². The fourth-order valence-corrected chi connectivity index (χ4v) is 2.96. The smallest absolute Gasteiger partial charge is 0.325 e. The van der Waals surface area contributed by atoms with E-state index < -0.39 is 0 Å². The van der Waals surface area contributed by atoms with Gasteiger partial charge < -0.3 is 9.97 Å². The van der Waals surface area contributed by atoms with Crippen LogP contribution < -0.4 is 5.32 Å². The SMILES string of the molecule is BOC(=O)C(CCCC)CCCNC1CCCCC1. The molecule has 0 spiro atoms. The second-order valence-corrected chi connectivity index (χ2v) is 5.79. The van der Waals surface area contributed by atoms with Crippen LogP contribution in [0.1, 0.15) is 71.1 Å². The Morgan fingerprint density at radius 1 is 1.26 bits per heavy atom.